The highest BCUT2D eigenvalue weighted by atomic mass is 35.5. The topological polar surface area (TPSA) is 78.2 Å². The summed E-state index contributed by atoms with van der Waals surface area (Å²) in [5.74, 6) is 0. The molecule has 23 heavy (non-hydrogen) atoms. The van der Waals surface area contributed by atoms with Gasteiger partial charge in [0, 0.05) is 5.56 Å². The molecule has 1 N–H and O–H groups in total. The van der Waals surface area contributed by atoms with Crippen molar-refractivity contribution < 1.29 is 13.2 Å². The fourth-order valence-corrected chi connectivity index (χ4v) is 3.00. The van der Waals surface area contributed by atoms with Gasteiger partial charge in [-0.2, -0.15) is 28.7 Å². The summed E-state index contributed by atoms with van der Waals surface area (Å²) in [5, 5.41) is 19.2. The minimum atomic E-state index is -4.40. The van der Waals surface area contributed by atoms with Gasteiger partial charge in [0.2, 0.25) is 0 Å². The molecular weight excluding hydrogens is 351 g/mol. The number of thiazole rings is 1. The first-order valence-electron chi connectivity index (χ1n) is 6.05. The normalized spacial score (nSPS) is 11.4. The number of H-pyrrole nitrogens is 1. The molecule has 0 atom stereocenters. The van der Waals surface area contributed by atoms with Crippen LogP contribution in [0.4, 0.5) is 13.2 Å². The number of hydrogen-bond donors (Lipinski definition) is 1. The zero-order valence-corrected chi connectivity index (χ0v) is 12.6. The number of rotatable bonds is 2. The summed E-state index contributed by atoms with van der Waals surface area (Å²) in [7, 11) is 0. The Morgan fingerprint density at radius 2 is 1.83 bits per heavy atom. The summed E-state index contributed by atoms with van der Waals surface area (Å²) in [6, 6.07) is 6.43. The molecule has 0 fully saturated rings. The van der Waals surface area contributed by atoms with Crippen molar-refractivity contribution >= 4 is 22.9 Å². The molecule has 0 aliphatic carbocycles. The molecular formula is C13H5ClF3N5S. The van der Waals surface area contributed by atoms with Gasteiger partial charge in [0.05, 0.1) is 5.56 Å². The first kappa shape index (κ1) is 15.5. The van der Waals surface area contributed by atoms with Gasteiger partial charge in [0.1, 0.15) is 21.1 Å². The van der Waals surface area contributed by atoms with E-state index in [9.17, 15) is 13.2 Å². The van der Waals surface area contributed by atoms with Crippen LogP contribution in [0.25, 0.3) is 22.0 Å². The zero-order chi connectivity index (χ0) is 16.6. The summed E-state index contributed by atoms with van der Waals surface area (Å²) < 4.78 is 38.0. The fourth-order valence-electron chi connectivity index (χ4n) is 1.85. The minimum Gasteiger partial charge on any atom is -0.233 e. The van der Waals surface area contributed by atoms with Crippen molar-refractivity contribution in [3.63, 3.8) is 0 Å². The summed E-state index contributed by atoms with van der Waals surface area (Å²) in [6.45, 7) is 0. The van der Waals surface area contributed by atoms with Crippen molar-refractivity contribution in [1.29, 1.82) is 5.26 Å². The second-order valence-electron chi connectivity index (χ2n) is 4.35. The number of hydrogen-bond acceptors (Lipinski definition) is 5. The lowest BCUT2D eigenvalue weighted by molar-refractivity contribution is -0.137. The van der Waals surface area contributed by atoms with Crippen LogP contribution < -0.4 is 0 Å². The highest BCUT2D eigenvalue weighted by Gasteiger charge is 2.30. The molecule has 0 aliphatic heterocycles. The van der Waals surface area contributed by atoms with E-state index >= 15 is 0 Å². The van der Waals surface area contributed by atoms with Crippen molar-refractivity contribution in [1.82, 2.24) is 20.4 Å². The SMILES string of the molecule is N#Cc1n[nH]nc1-c1nc(-c2ccc(C(F)(F)F)cc2)sc1Cl. The number of aromatic amines is 1. The molecule has 0 unspecified atom stereocenters. The monoisotopic (exact) mass is 355 g/mol. The second-order valence-corrected chi connectivity index (χ2v) is 5.95. The fraction of sp³-hybridized carbons (Fsp3) is 0.0769. The van der Waals surface area contributed by atoms with Gasteiger partial charge in [-0.15, -0.1) is 16.4 Å². The summed E-state index contributed by atoms with van der Waals surface area (Å²) in [4.78, 5) is 4.25. The van der Waals surface area contributed by atoms with Crippen molar-refractivity contribution in [2.24, 2.45) is 0 Å². The molecule has 2 heterocycles. The van der Waals surface area contributed by atoms with Crippen LogP contribution >= 0.6 is 22.9 Å². The largest absolute Gasteiger partial charge is 0.416 e. The van der Waals surface area contributed by atoms with Gasteiger partial charge in [-0.3, -0.25) is 0 Å². The molecule has 2 aromatic heterocycles. The van der Waals surface area contributed by atoms with Gasteiger partial charge in [-0.25, -0.2) is 4.98 Å². The summed E-state index contributed by atoms with van der Waals surface area (Å²) in [6.07, 6.45) is -4.40. The highest BCUT2D eigenvalue weighted by Crippen LogP contribution is 2.38. The van der Waals surface area contributed by atoms with E-state index in [1.165, 1.54) is 12.1 Å². The van der Waals surface area contributed by atoms with Crippen molar-refractivity contribution in [3.05, 3.63) is 39.9 Å². The molecule has 0 radical (unpaired) electrons. The first-order valence-corrected chi connectivity index (χ1v) is 7.25. The number of aromatic nitrogens is 4. The molecule has 0 aliphatic rings. The number of halogens is 4. The molecule has 0 amide bonds. The summed E-state index contributed by atoms with van der Waals surface area (Å²) in [5.41, 5.74) is 0.241. The van der Waals surface area contributed by atoms with Crippen LogP contribution in [-0.4, -0.2) is 20.4 Å². The lowest BCUT2D eigenvalue weighted by Gasteiger charge is -2.06. The maximum absolute atomic E-state index is 12.6. The van der Waals surface area contributed by atoms with E-state index in [4.69, 9.17) is 16.9 Å². The van der Waals surface area contributed by atoms with Gasteiger partial charge < -0.3 is 0 Å². The maximum atomic E-state index is 12.6. The smallest absolute Gasteiger partial charge is 0.233 e. The average molecular weight is 356 g/mol. The van der Waals surface area contributed by atoms with E-state index in [0.29, 0.717) is 10.6 Å². The Kier molecular flexibility index (Phi) is 3.79. The van der Waals surface area contributed by atoms with Crippen LogP contribution in [0.2, 0.25) is 4.34 Å². The number of benzene rings is 1. The van der Waals surface area contributed by atoms with Gasteiger partial charge in [0.15, 0.2) is 11.4 Å². The van der Waals surface area contributed by atoms with E-state index < -0.39 is 11.7 Å². The molecule has 3 rings (SSSR count). The van der Waals surface area contributed by atoms with Gasteiger partial charge in [0.25, 0.3) is 0 Å². The van der Waals surface area contributed by atoms with Gasteiger partial charge >= 0.3 is 6.18 Å². The summed E-state index contributed by atoms with van der Waals surface area (Å²) >= 11 is 7.18. The third-order valence-corrected chi connectivity index (χ3v) is 4.23. The van der Waals surface area contributed by atoms with Crippen LogP contribution in [0.3, 0.4) is 0 Å². The molecule has 0 saturated carbocycles. The predicted molar refractivity (Wildman–Crippen MR) is 77.7 cm³/mol. The van der Waals surface area contributed by atoms with Gasteiger partial charge in [-0.1, -0.05) is 23.7 Å². The van der Waals surface area contributed by atoms with Crippen LogP contribution in [0, 0.1) is 11.3 Å². The molecule has 10 heteroatoms. The number of nitriles is 1. The molecule has 1 aromatic carbocycles. The standard InChI is InChI=1S/C13H5ClF3N5S/c14-11-10(9-8(5-18)20-22-21-9)19-12(23-11)6-1-3-7(4-2-6)13(15,16)17/h1-4H,(H,20,21,22). The Hall–Kier alpha value is -2.44. The number of alkyl halides is 3. The molecule has 116 valence electrons. The Labute approximate surface area is 136 Å². The Morgan fingerprint density at radius 1 is 1.13 bits per heavy atom. The van der Waals surface area contributed by atoms with E-state index in [1.54, 1.807) is 0 Å². The molecule has 0 bridgehead atoms. The molecule has 3 aromatic rings. The van der Waals surface area contributed by atoms with Crippen LogP contribution in [0.1, 0.15) is 11.3 Å². The Bertz CT molecular complexity index is 892. The number of nitrogens with one attached hydrogen (secondary N) is 1. The van der Waals surface area contributed by atoms with E-state index in [0.717, 1.165) is 23.5 Å². The van der Waals surface area contributed by atoms with Crippen molar-refractivity contribution in [3.8, 4) is 28.0 Å². The minimum absolute atomic E-state index is 0.0381. The van der Waals surface area contributed by atoms with E-state index in [1.807, 2.05) is 6.07 Å². The van der Waals surface area contributed by atoms with Crippen LogP contribution in [0.15, 0.2) is 24.3 Å². The molecule has 5 nitrogen and oxygen atoms in total. The predicted octanol–water partition coefficient (Wildman–Crippen LogP) is 4.14. The third kappa shape index (κ3) is 2.91. The molecule has 0 saturated heterocycles. The lowest BCUT2D eigenvalue weighted by atomic mass is 10.1. The average Bonchev–Trinajstić information content (AvgIpc) is 3.12. The number of nitrogens with zero attached hydrogens (tertiary/aromatic N) is 4. The van der Waals surface area contributed by atoms with Crippen molar-refractivity contribution in [2.75, 3.05) is 0 Å². The van der Waals surface area contributed by atoms with Crippen molar-refractivity contribution in [2.45, 2.75) is 6.18 Å². The molecule has 0 spiro atoms. The maximum Gasteiger partial charge on any atom is 0.416 e. The third-order valence-electron chi connectivity index (χ3n) is 2.92. The first-order chi connectivity index (χ1) is 10.9. The second kappa shape index (κ2) is 5.64. The quantitative estimate of drug-likeness (QED) is 0.749. The van der Waals surface area contributed by atoms with Crippen LogP contribution in [0.5, 0.6) is 0 Å². The Morgan fingerprint density at radius 3 is 2.43 bits per heavy atom. The Balaban J connectivity index is 2.00. The lowest BCUT2D eigenvalue weighted by Crippen LogP contribution is -2.03. The van der Waals surface area contributed by atoms with Crippen LogP contribution in [-0.2, 0) is 6.18 Å². The van der Waals surface area contributed by atoms with E-state index in [2.05, 4.69) is 20.4 Å². The van der Waals surface area contributed by atoms with Gasteiger partial charge in [-0.05, 0) is 12.1 Å². The zero-order valence-electron chi connectivity index (χ0n) is 11.0. The highest BCUT2D eigenvalue weighted by molar-refractivity contribution is 7.19. The van der Waals surface area contributed by atoms with E-state index in [-0.39, 0.29) is 21.4 Å².